The molecule has 0 heterocycles. The molecule has 0 spiro atoms. The van der Waals surface area contributed by atoms with Gasteiger partial charge in [-0.2, -0.15) is 0 Å². The normalized spacial score (nSPS) is 14.1. The van der Waals surface area contributed by atoms with Crippen LogP contribution in [0.1, 0.15) is 38.7 Å². The summed E-state index contributed by atoms with van der Waals surface area (Å²) in [6, 6.07) is 3.53. The fourth-order valence-corrected chi connectivity index (χ4v) is 3.22. The Morgan fingerprint density at radius 1 is 0.833 bits per heavy atom. The van der Waals surface area contributed by atoms with E-state index in [0.29, 0.717) is 5.56 Å². The molecule has 4 atom stereocenters. The highest BCUT2D eigenvalue weighted by Crippen LogP contribution is 2.08. The standard InChI is InChI=1S/C23H34N6O7/c1-12(2)19(23(35)36)29-22(34)15(10-13-6-4-3-5-7-13)28-21(33)16(11-18(26)31)27-20(32)14(24)8-9-17(25)30/h3-7,12,14-16,19H,8-11,24H2,1-2H3,(H2,25,30)(H2,26,31)(H,27,32)(H,28,33)(H,29,34)(H,35,36). The van der Waals surface area contributed by atoms with Gasteiger partial charge in [0.1, 0.15) is 18.1 Å². The molecule has 10 N–H and O–H groups in total. The second-order valence-electron chi connectivity index (χ2n) is 8.66. The van der Waals surface area contributed by atoms with Gasteiger partial charge in [0.15, 0.2) is 0 Å². The average Bonchev–Trinajstić information content (AvgIpc) is 2.79. The molecule has 36 heavy (non-hydrogen) atoms. The molecule has 1 aromatic carbocycles. The van der Waals surface area contributed by atoms with Crippen LogP contribution in [0, 0.1) is 5.92 Å². The Morgan fingerprint density at radius 3 is 1.89 bits per heavy atom. The first kappa shape index (κ1) is 30.0. The van der Waals surface area contributed by atoms with Gasteiger partial charge in [-0.15, -0.1) is 0 Å². The van der Waals surface area contributed by atoms with Crippen LogP contribution in [0.3, 0.4) is 0 Å². The summed E-state index contributed by atoms with van der Waals surface area (Å²) in [7, 11) is 0. The van der Waals surface area contributed by atoms with Gasteiger partial charge >= 0.3 is 5.97 Å². The molecule has 0 radical (unpaired) electrons. The third-order valence-corrected chi connectivity index (χ3v) is 5.22. The minimum atomic E-state index is -1.47. The molecule has 0 aliphatic rings. The highest BCUT2D eigenvalue weighted by atomic mass is 16.4. The second kappa shape index (κ2) is 14.4. The van der Waals surface area contributed by atoms with Gasteiger partial charge in [-0.1, -0.05) is 44.2 Å². The number of aliphatic carboxylic acids is 1. The number of nitrogens with two attached hydrogens (primary N) is 3. The number of amides is 5. The zero-order valence-corrected chi connectivity index (χ0v) is 20.2. The lowest BCUT2D eigenvalue weighted by atomic mass is 10.0. The monoisotopic (exact) mass is 506 g/mol. The van der Waals surface area contributed by atoms with Crippen molar-refractivity contribution >= 4 is 35.5 Å². The Bertz CT molecular complexity index is 954. The Balaban J connectivity index is 3.10. The van der Waals surface area contributed by atoms with E-state index in [1.807, 2.05) is 0 Å². The Hall–Kier alpha value is -4.00. The van der Waals surface area contributed by atoms with Crippen molar-refractivity contribution in [3.05, 3.63) is 35.9 Å². The van der Waals surface area contributed by atoms with Crippen molar-refractivity contribution in [3.8, 4) is 0 Å². The SMILES string of the molecule is CC(C)C(NC(=O)C(Cc1ccccc1)NC(=O)C(CC(N)=O)NC(=O)C(N)CCC(N)=O)C(=O)O. The van der Waals surface area contributed by atoms with Gasteiger partial charge in [-0.25, -0.2) is 4.79 Å². The molecule has 13 nitrogen and oxygen atoms in total. The number of carbonyl (C=O) groups is 6. The number of primary amides is 2. The molecule has 4 unspecified atom stereocenters. The van der Waals surface area contributed by atoms with Crippen molar-refractivity contribution in [1.29, 1.82) is 0 Å². The summed E-state index contributed by atoms with van der Waals surface area (Å²) in [5, 5.41) is 16.6. The summed E-state index contributed by atoms with van der Waals surface area (Å²) >= 11 is 0. The molecule has 5 amide bonds. The fraction of sp³-hybridized carbons (Fsp3) is 0.478. The minimum absolute atomic E-state index is 0.00177. The summed E-state index contributed by atoms with van der Waals surface area (Å²) in [5.74, 6) is -5.76. The quantitative estimate of drug-likeness (QED) is 0.139. The number of benzene rings is 1. The maximum absolute atomic E-state index is 13.0. The molecule has 13 heteroatoms. The van der Waals surface area contributed by atoms with E-state index >= 15 is 0 Å². The number of nitrogens with one attached hydrogen (secondary N) is 3. The zero-order chi connectivity index (χ0) is 27.4. The number of carboxylic acids is 1. The highest BCUT2D eigenvalue weighted by Gasteiger charge is 2.32. The lowest BCUT2D eigenvalue weighted by molar-refractivity contribution is -0.143. The molecule has 0 aromatic heterocycles. The second-order valence-corrected chi connectivity index (χ2v) is 8.66. The fourth-order valence-electron chi connectivity index (χ4n) is 3.22. The van der Waals surface area contributed by atoms with E-state index in [2.05, 4.69) is 16.0 Å². The summed E-state index contributed by atoms with van der Waals surface area (Å²) in [5.41, 5.74) is 16.7. The first-order valence-corrected chi connectivity index (χ1v) is 11.3. The van der Waals surface area contributed by atoms with Crippen molar-refractivity contribution in [3.63, 3.8) is 0 Å². The van der Waals surface area contributed by atoms with Crippen molar-refractivity contribution in [1.82, 2.24) is 16.0 Å². The van der Waals surface area contributed by atoms with Gasteiger partial charge in [0.05, 0.1) is 12.5 Å². The molecule has 1 aromatic rings. The summed E-state index contributed by atoms with van der Waals surface area (Å²) in [6.07, 6.45) is -0.847. The summed E-state index contributed by atoms with van der Waals surface area (Å²) < 4.78 is 0. The Morgan fingerprint density at radius 2 is 1.39 bits per heavy atom. The highest BCUT2D eigenvalue weighted by molar-refractivity contribution is 5.96. The molecular formula is C23H34N6O7. The number of carbonyl (C=O) groups excluding carboxylic acids is 5. The molecule has 0 aliphatic carbocycles. The van der Waals surface area contributed by atoms with E-state index in [1.165, 1.54) is 0 Å². The minimum Gasteiger partial charge on any atom is -0.480 e. The molecule has 0 fully saturated rings. The molecule has 0 saturated carbocycles. The third-order valence-electron chi connectivity index (χ3n) is 5.22. The lowest BCUT2D eigenvalue weighted by Gasteiger charge is -2.26. The van der Waals surface area contributed by atoms with Gasteiger partial charge in [-0.05, 0) is 17.9 Å². The smallest absolute Gasteiger partial charge is 0.326 e. The van der Waals surface area contributed by atoms with Crippen LogP contribution in [-0.4, -0.2) is 64.8 Å². The van der Waals surface area contributed by atoms with E-state index < -0.39 is 72.0 Å². The van der Waals surface area contributed by atoms with Crippen LogP contribution in [0.4, 0.5) is 0 Å². The maximum atomic E-state index is 13.0. The van der Waals surface area contributed by atoms with Crippen LogP contribution in [-0.2, 0) is 35.2 Å². The first-order valence-electron chi connectivity index (χ1n) is 11.3. The summed E-state index contributed by atoms with van der Waals surface area (Å²) in [6.45, 7) is 3.23. The van der Waals surface area contributed by atoms with Gasteiger partial charge in [0.25, 0.3) is 0 Å². The number of hydrogen-bond acceptors (Lipinski definition) is 7. The van der Waals surface area contributed by atoms with Gasteiger partial charge < -0.3 is 38.3 Å². The van der Waals surface area contributed by atoms with Crippen molar-refractivity contribution in [2.75, 3.05) is 0 Å². The summed E-state index contributed by atoms with van der Waals surface area (Å²) in [4.78, 5) is 72.4. The maximum Gasteiger partial charge on any atom is 0.326 e. The van der Waals surface area contributed by atoms with Crippen molar-refractivity contribution in [2.45, 2.75) is 63.7 Å². The number of hydrogen-bond donors (Lipinski definition) is 7. The van der Waals surface area contributed by atoms with Gasteiger partial charge in [0.2, 0.25) is 29.5 Å². The molecule has 198 valence electrons. The third kappa shape index (κ3) is 10.5. The van der Waals surface area contributed by atoms with Gasteiger partial charge in [-0.3, -0.25) is 24.0 Å². The van der Waals surface area contributed by atoms with Crippen LogP contribution in [0.2, 0.25) is 0 Å². The Labute approximate surface area is 208 Å². The van der Waals surface area contributed by atoms with Crippen LogP contribution in [0.15, 0.2) is 30.3 Å². The van der Waals surface area contributed by atoms with Crippen molar-refractivity contribution in [2.24, 2.45) is 23.1 Å². The number of carboxylic acid groups (broad SMARTS) is 1. The molecular weight excluding hydrogens is 472 g/mol. The first-order chi connectivity index (χ1) is 16.8. The van der Waals surface area contributed by atoms with Gasteiger partial charge in [0, 0.05) is 12.8 Å². The van der Waals surface area contributed by atoms with Crippen molar-refractivity contribution < 1.29 is 33.9 Å². The lowest BCUT2D eigenvalue weighted by Crippen LogP contribution is -2.58. The molecule has 0 bridgehead atoms. The number of rotatable bonds is 15. The average molecular weight is 507 g/mol. The van der Waals surface area contributed by atoms with Crippen LogP contribution in [0.25, 0.3) is 0 Å². The Kier molecular flexibility index (Phi) is 12.0. The zero-order valence-electron chi connectivity index (χ0n) is 20.2. The predicted octanol–water partition coefficient (Wildman–Crippen LogP) is -2.11. The predicted molar refractivity (Wildman–Crippen MR) is 129 cm³/mol. The topological polar surface area (TPSA) is 237 Å². The van der Waals surface area contributed by atoms with E-state index in [1.54, 1.807) is 44.2 Å². The van der Waals surface area contributed by atoms with E-state index in [-0.39, 0.29) is 19.3 Å². The largest absolute Gasteiger partial charge is 0.480 e. The van der Waals surface area contributed by atoms with Crippen LogP contribution >= 0.6 is 0 Å². The molecule has 0 saturated heterocycles. The molecule has 0 aliphatic heterocycles. The molecule has 1 rings (SSSR count). The van der Waals surface area contributed by atoms with Crippen LogP contribution < -0.4 is 33.2 Å². The van der Waals surface area contributed by atoms with E-state index in [4.69, 9.17) is 17.2 Å². The van der Waals surface area contributed by atoms with E-state index in [9.17, 15) is 33.9 Å². The van der Waals surface area contributed by atoms with Crippen LogP contribution in [0.5, 0.6) is 0 Å². The van der Waals surface area contributed by atoms with E-state index in [0.717, 1.165) is 0 Å².